The molecule has 134 valence electrons. The molecule has 3 rings (SSSR count). The second-order valence-corrected chi connectivity index (χ2v) is 6.42. The third-order valence-corrected chi connectivity index (χ3v) is 4.51. The van der Waals surface area contributed by atoms with Crippen molar-refractivity contribution in [2.24, 2.45) is 0 Å². The zero-order valence-electron chi connectivity index (χ0n) is 14.1. The summed E-state index contributed by atoms with van der Waals surface area (Å²) < 4.78 is 0. The van der Waals surface area contributed by atoms with E-state index in [1.54, 1.807) is 12.3 Å². The smallest absolute Gasteiger partial charge is 0.253 e. The van der Waals surface area contributed by atoms with Crippen molar-refractivity contribution < 1.29 is 15.0 Å². The average Bonchev–Trinajstić information content (AvgIpc) is 2.63. The molecule has 1 aliphatic rings. The van der Waals surface area contributed by atoms with Crippen LogP contribution in [0, 0.1) is 0 Å². The van der Waals surface area contributed by atoms with Crippen LogP contribution in [0.5, 0.6) is 0 Å². The van der Waals surface area contributed by atoms with Crippen molar-refractivity contribution in [3.8, 4) is 0 Å². The lowest BCUT2D eigenvalue weighted by atomic mass is 9.93. The molecule has 1 aromatic heterocycles. The molecule has 7 nitrogen and oxygen atoms in total. The van der Waals surface area contributed by atoms with Crippen LogP contribution in [-0.4, -0.2) is 51.4 Å². The quantitative estimate of drug-likeness (QED) is 0.591. The van der Waals surface area contributed by atoms with Crippen LogP contribution in [0.15, 0.2) is 24.4 Å². The maximum absolute atomic E-state index is 12.4. The van der Waals surface area contributed by atoms with Crippen molar-refractivity contribution in [1.29, 1.82) is 0 Å². The van der Waals surface area contributed by atoms with E-state index in [9.17, 15) is 9.90 Å². The fraction of sp³-hybridized carbons (Fsp3) is 0.500. The van der Waals surface area contributed by atoms with Gasteiger partial charge in [0.15, 0.2) is 0 Å². The summed E-state index contributed by atoms with van der Waals surface area (Å²) in [4.78, 5) is 21.3. The van der Waals surface area contributed by atoms with E-state index >= 15 is 0 Å². The number of benzene rings is 1. The number of aromatic nitrogens is 2. The van der Waals surface area contributed by atoms with Gasteiger partial charge in [0, 0.05) is 30.8 Å². The van der Waals surface area contributed by atoms with Gasteiger partial charge in [0.25, 0.3) is 5.91 Å². The van der Waals surface area contributed by atoms with Gasteiger partial charge in [0.1, 0.15) is 0 Å². The first-order chi connectivity index (χ1) is 12.2. The van der Waals surface area contributed by atoms with Gasteiger partial charge in [-0.05, 0) is 38.2 Å². The summed E-state index contributed by atoms with van der Waals surface area (Å²) in [7, 11) is 0. The number of fused-ring (bicyclic) bond motifs is 1. The van der Waals surface area contributed by atoms with Gasteiger partial charge in [-0.1, -0.05) is 12.1 Å². The maximum atomic E-state index is 12.4. The minimum Gasteiger partial charge on any atom is -0.396 e. The van der Waals surface area contributed by atoms with Crippen molar-refractivity contribution >= 4 is 22.8 Å². The van der Waals surface area contributed by atoms with Gasteiger partial charge in [-0.2, -0.15) is 0 Å². The third-order valence-electron chi connectivity index (χ3n) is 4.51. The van der Waals surface area contributed by atoms with E-state index in [-0.39, 0.29) is 24.7 Å². The van der Waals surface area contributed by atoms with E-state index in [4.69, 9.17) is 5.11 Å². The van der Waals surface area contributed by atoms with Gasteiger partial charge in [-0.25, -0.2) is 9.97 Å². The van der Waals surface area contributed by atoms with E-state index in [1.165, 1.54) is 0 Å². The number of aliphatic hydroxyl groups excluding tert-OH is 2. The Hall–Kier alpha value is -2.25. The standard InChI is InChI=1S/C18H24N4O3/c23-10-2-9-19-17(25)15-4-1-3-12-11-20-18(22-16(12)15)21-13-5-7-14(24)8-6-13/h1,3-4,11,13-14,23-24H,2,5-10H2,(H,19,25)(H,20,21,22)/t13-,14-. The molecule has 1 saturated carbocycles. The molecule has 0 unspecified atom stereocenters. The minimum atomic E-state index is -0.204. The molecule has 1 fully saturated rings. The van der Waals surface area contributed by atoms with Crippen molar-refractivity contribution in [1.82, 2.24) is 15.3 Å². The normalized spacial score (nSPS) is 20.4. The lowest BCUT2D eigenvalue weighted by Crippen LogP contribution is -2.29. The molecule has 0 saturated heterocycles. The van der Waals surface area contributed by atoms with E-state index in [0.29, 0.717) is 30.0 Å². The van der Waals surface area contributed by atoms with Crippen LogP contribution >= 0.6 is 0 Å². The Balaban J connectivity index is 1.78. The summed E-state index contributed by atoms with van der Waals surface area (Å²) in [5, 5.41) is 25.3. The zero-order valence-corrected chi connectivity index (χ0v) is 14.1. The monoisotopic (exact) mass is 344 g/mol. The fourth-order valence-corrected chi connectivity index (χ4v) is 3.09. The SMILES string of the molecule is O=C(NCCCO)c1cccc2cnc(N[C@H]3CC[C@H](O)CC3)nc12. The molecule has 1 heterocycles. The van der Waals surface area contributed by atoms with Crippen LogP contribution in [0.4, 0.5) is 5.95 Å². The van der Waals surface area contributed by atoms with Crippen molar-refractivity contribution in [3.63, 3.8) is 0 Å². The molecule has 7 heteroatoms. The molecule has 0 spiro atoms. The van der Waals surface area contributed by atoms with Gasteiger partial charge in [-0.15, -0.1) is 0 Å². The van der Waals surface area contributed by atoms with Gasteiger partial charge in [0.05, 0.1) is 17.2 Å². The van der Waals surface area contributed by atoms with Crippen LogP contribution < -0.4 is 10.6 Å². The molecule has 1 aromatic carbocycles. The minimum absolute atomic E-state index is 0.0438. The van der Waals surface area contributed by atoms with Gasteiger partial charge in [0.2, 0.25) is 5.95 Å². The number of anilines is 1. The highest BCUT2D eigenvalue weighted by Crippen LogP contribution is 2.22. The number of nitrogens with one attached hydrogen (secondary N) is 2. The number of hydrogen-bond donors (Lipinski definition) is 4. The molecule has 2 aromatic rings. The summed E-state index contributed by atoms with van der Waals surface area (Å²) >= 11 is 0. The number of amides is 1. The zero-order chi connectivity index (χ0) is 17.6. The largest absolute Gasteiger partial charge is 0.396 e. The molecular formula is C18H24N4O3. The van der Waals surface area contributed by atoms with E-state index in [1.807, 2.05) is 12.1 Å². The van der Waals surface area contributed by atoms with Gasteiger partial charge < -0.3 is 20.8 Å². The van der Waals surface area contributed by atoms with Crippen LogP contribution in [0.1, 0.15) is 42.5 Å². The molecule has 1 aliphatic carbocycles. The Morgan fingerprint density at radius 2 is 2.04 bits per heavy atom. The van der Waals surface area contributed by atoms with E-state index in [2.05, 4.69) is 20.6 Å². The predicted molar refractivity (Wildman–Crippen MR) is 95.5 cm³/mol. The molecule has 4 N–H and O–H groups in total. The maximum Gasteiger partial charge on any atom is 0.253 e. The lowest BCUT2D eigenvalue weighted by Gasteiger charge is -2.26. The molecule has 0 radical (unpaired) electrons. The Kier molecular flexibility index (Phi) is 5.78. The first kappa shape index (κ1) is 17.6. The third kappa shape index (κ3) is 4.43. The van der Waals surface area contributed by atoms with Gasteiger partial charge >= 0.3 is 0 Å². The Labute approximate surface area is 146 Å². The predicted octanol–water partition coefficient (Wildman–Crippen LogP) is 1.46. The lowest BCUT2D eigenvalue weighted by molar-refractivity contribution is 0.0952. The Bertz CT molecular complexity index is 729. The molecule has 1 amide bonds. The Morgan fingerprint density at radius 3 is 2.80 bits per heavy atom. The fourth-order valence-electron chi connectivity index (χ4n) is 3.09. The van der Waals surface area contributed by atoms with E-state index < -0.39 is 0 Å². The first-order valence-corrected chi connectivity index (χ1v) is 8.77. The molecule has 25 heavy (non-hydrogen) atoms. The van der Waals surface area contributed by atoms with Crippen LogP contribution in [0.3, 0.4) is 0 Å². The van der Waals surface area contributed by atoms with Crippen molar-refractivity contribution in [2.75, 3.05) is 18.5 Å². The molecular weight excluding hydrogens is 320 g/mol. The molecule has 0 aliphatic heterocycles. The number of nitrogens with zero attached hydrogens (tertiary/aromatic N) is 2. The topological polar surface area (TPSA) is 107 Å². The second-order valence-electron chi connectivity index (χ2n) is 6.42. The second kappa shape index (κ2) is 8.22. The summed E-state index contributed by atoms with van der Waals surface area (Å²) in [6.45, 7) is 0.467. The number of hydrogen-bond acceptors (Lipinski definition) is 6. The summed E-state index contributed by atoms with van der Waals surface area (Å²) in [6.07, 6.45) is 5.36. The van der Waals surface area contributed by atoms with E-state index in [0.717, 1.165) is 31.1 Å². The number of para-hydroxylation sites is 1. The molecule has 0 atom stereocenters. The highest BCUT2D eigenvalue weighted by atomic mass is 16.3. The van der Waals surface area contributed by atoms with Crippen LogP contribution in [-0.2, 0) is 0 Å². The average molecular weight is 344 g/mol. The highest BCUT2D eigenvalue weighted by molar-refractivity contribution is 6.05. The number of carbonyl (C=O) groups is 1. The van der Waals surface area contributed by atoms with Gasteiger partial charge in [-0.3, -0.25) is 4.79 Å². The van der Waals surface area contributed by atoms with Crippen molar-refractivity contribution in [3.05, 3.63) is 30.0 Å². The van der Waals surface area contributed by atoms with Crippen LogP contribution in [0.2, 0.25) is 0 Å². The number of aliphatic hydroxyl groups is 2. The highest BCUT2D eigenvalue weighted by Gasteiger charge is 2.20. The number of rotatable bonds is 6. The number of carbonyl (C=O) groups excluding carboxylic acids is 1. The molecule has 0 bridgehead atoms. The Morgan fingerprint density at radius 1 is 1.24 bits per heavy atom. The summed E-state index contributed by atoms with van der Waals surface area (Å²) in [5.41, 5.74) is 1.11. The summed E-state index contributed by atoms with van der Waals surface area (Å²) in [6, 6.07) is 5.67. The first-order valence-electron chi connectivity index (χ1n) is 8.77. The van der Waals surface area contributed by atoms with Crippen molar-refractivity contribution in [2.45, 2.75) is 44.2 Å². The van der Waals surface area contributed by atoms with Crippen LogP contribution in [0.25, 0.3) is 10.9 Å². The summed E-state index contributed by atoms with van der Waals surface area (Å²) in [5.74, 6) is 0.300.